The Balaban J connectivity index is 1.89. The first-order valence-electron chi connectivity index (χ1n) is 8.44. The summed E-state index contributed by atoms with van der Waals surface area (Å²) in [5.41, 5.74) is 3.70. The lowest BCUT2D eigenvalue weighted by atomic mass is 10.2. The van der Waals surface area contributed by atoms with E-state index in [4.69, 9.17) is 9.47 Å². The van der Waals surface area contributed by atoms with Gasteiger partial charge in [0.2, 0.25) is 0 Å². The van der Waals surface area contributed by atoms with Crippen molar-refractivity contribution in [3.05, 3.63) is 57.8 Å². The van der Waals surface area contributed by atoms with E-state index < -0.39 is 0 Å². The van der Waals surface area contributed by atoms with Gasteiger partial charge in [0.05, 0.1) is 14.2 Å². The molecule has 7 heteroatoms. The standard InChI is InChI=1S/C20H21BrN4O2/c1-12-13(2)24-20(16-7-5-6-8-22-16)25-19(12)23-11-14-9-17(26-3)18(27-4)10-15(14)21/h5-10H,11H2,1-4H3,(H,23,24,25). The molecule has 3 aromatic rings. The number of anilines is 1. The molecular formula is C20H21BrN4O2. The second-order valence-corrected chi connectivity index (χ2v) is 6.83. The van der Waals surface area contributed by atoms with Crippen molar-refractivity contribution < 1.29 is 9.47 Å². The lowest BCUT2D eigenvalue weighted by Crippen LogP contribution is -2.08. The summed E-state index contributed by atoms with van der Waals surface area (Å²) in [6.45, 7) is 4.55. The van der Waals surface area contributed by atoms with Crippen LogP contribution in [0.5, 0.6) is 11.5 Å². The van der Waals surface area contributed by atoms with Gasteiger partial charge in [0, 0.05) is 28.5 Å². The molecule has 0 aliphatic heterocycles. The average Bonchev–Trinajstić information content (AvgIpc) is 2.70. The molecule has 0 amide bonds. The van der Waals surface area contributed by atoms with E-state index in [1.54, 1.807) is 20.4 Å². The Morgan fingerprint density at radius 1 is 1.04 bits per heavy atom. The number of halogens is 1. The summed E-state index contributed by atoms with van der Waals surface area (Å²) in [5, 5.41) is 3.40. The number of nitrogens with one attached hydrogen (secondary N) is 1. The van der Waals surface area contributed by atoms with Crippen LogP contribution in [0.1, 0.15) is 16.8 Å². The van der Waals surface area contributed by atoms with Crippen molar-refractivity contribution in [1.82, 2.24) is 15.0 Å². The highest BCUT2D eigenvalue weighted by Gasteiger charge is 2.13. The Bertz CT molecular complexity index is 948. The van der Waals surface area contributed by atoms with Gasteiger partial charge < -0.3 is 14.8 Å². The largest absolute Gasteiger partial charge is 0.493 e. The Hall–Kier alpha value is -2.67. The van der Waals surface area contributed by atoms with E-state index in [0.717, 1.165) is 32.8 Å². The van der Waals surface area contributed by atoms with Gasteiger partial charge in [0.25, 0.3) is 0 Å². The number of pyridine rings is 1. The first-order chi connectivity index (χ1) is 13.0. The molecule has 6 nitrogen and oxygen atoms in total. The van der Waals surface area contributed by atoms with Crippen LogP contribution in [0.2, 0.25) is 0 Å². The molecule has 3 rings (SSSR count). The fraction of sp³-hybridized carbons (Fsp3) is 0.250. The number of hydrogen-bond donors (Lipinski definition) is 1. The number of aromatic nitrogens is 3. The van der Waals surface area contributed by atoms with Gasteiger partial charge in [-0.1, -0.05) is 22.0 Å². The normalized spacial score (nSPS) is 10.6. The van der Waals surface area contributed by atoms with E-state index in [-0.39, 0.29) is 0 Å². The second-order valence-electron chi connectivity index (χ2n) is 5.97. The summed E-state index contributed by atoms with van der Waals surface area (Å²) in [4.78, 5) is 13.6. The van der Waals surface area contributed by atoms with Gasteiger partial charge >= 0.3 is 0 Å². The molecular weight excluding hydrogens is 408 g/mol. The van der Waals surface area contributed by atoms with Crippen LogP contribution in [0.15, 0.2) is 41.0 Å². The molecule has 0 radical (unpaired) electrons. The Morgan fingerprint density at radius 3 is 2.44 bits per heavy atom. The van der Waals surface area contributed by atoms with Crippen LogP contribution in [0.4, 0.5) is 5.82 Å². The molecule has 140 valence electrons. The first-order valence-corrected chi connectivity index (χ1v) is 9.23. The predicted molar refractivity (Wildman–Crippen MR) is 109 cm³/mol. The summed E-state index contributed by atoms with van der Waals surface area (Å²) in [7, 11) is 3.24. The average molecular weight is 429 g/mol. The predicted octanol–water partition coefficient (Wildman–Crippen LogP) is 4.55. The molecule has 0 aliphatic rings. The third-order valence-electron chi connectivity index (χ3n) is 4.28. The van der Waals surface area contributed by atoms with Crippen LogP contribution in [-0.4, -0.2) is 29.2 Å². The molecule has 0 bridgehead atoms. The van der Waals surface area contributed by atoms with E-state index in [1.807, 2.05) is 44.2 Å². The molecule has 0 atom stereocenters. The van der Waals surface area contributed by atoms with Crippen LogP contribution >= 0.6 is 15.9 Å². The minimum absolute atomic E-state index is 0.569. The molecule has 27 heavy (non-hydrogen) atoms. The number of nitrogens with zero attached hydrogens (tertiary/aromatic N) is 3. The maximum atomic E-state index is 5.40. The van der Waals surface area contributed by atoms with Crippen molar-refractivity contribution in [2.45, 2.75) is 20.4 Å². The number of benzene rings is 1. The van der Waals surface area contributed by atoms with Crippen LogP contribution < -0.4 is 14.8 Å². The topological polar surface area (TPSA) is 69.2 Å². The van der Waals surface area contributed by atoms with Crippen molar-refractivity contribution >= 4 is 21.7 Å². The Kier molecular flexibility index (Phi) is 5.91. The van der Waals surface area contributed by atoms with E-state index in [9.17, 15) is 0 Å². The zero-order valence-electron chi connectivity index (χ0n) is 15.7. The number of ether oxygens (including phenoxy) is 2. The number of methoxy groups -OCH3 is 2. The quantitative estimate of drug-likeness (QED) is 0.620. The van der Waals surface area contributed by atoms with Crippen molar-refractivity contribution in [1.29, 1.82) is 0 Å². The van der Waals surface area contributed by atoms with Crippen LogP contribution in [0.25, 0.3) is 11.5 Å². The SMILES string of the molecule is COc1cc(Br)c(CNc2nc(-c3ccccn3)nc(C)c2C)cc1OC. The fourth-order valence-corrected chi connectivity index (χ4v) is 3.08. The van der Waals surface area contributed by atoms with E-state index in [2.05, 4.69) is 36.2 Å². The molecule has 0 unspecified atom stereocenters. The highest BCUT2D eigenvalue weighted by atomic mass is 79.9. The molecule has 0 spiro atoms. The maximum absolute atomic E-state index is 5.40. The minimum atomic E-state index is 0.569. The summed E-state index contributed by atoms with van der Waals surface area (Å²) >= 11 is 3.59. The number of aryl methyl sites for hydroxylation is 1. The monoisotopic (exact) mass is 428 g/mol. The highest BCUT2D eigenvalue weighted by Crippen LogP contribution is 2.33. The maximum Gasteiger partial charge on any atom is 0.180 e. The molecule has 0 fully saturated rings. The zero-order valence-corrected chi connectivity index (χ0v) is 17.3. The molecule has 0 aliphatic carbocycles. The minimum Gasteiger partial charge on any atom is -0.493 e. The summed E-state index contributed by atoms with van der Waals surface area (Å²) in [6.07, 6.45) is 1.74. The molecule has 2 heterocycles. The van der Waals surface area contributed by atoms with Gasteiger partial charge in [-0.05, 0) is 43.7 Å². The van der Waals surface area contributed by atoms with E-state index in [0.29, 0.717) is 23.9 Å². The first kappa shape index (κ1) is 19.1. The van der Waals surface area contributed by atoms with Gasteiger partial charge in [-0.25, -0.2) is 9.97 Å². The second kappa shape index (κ2) is 8.35. The van der Waals surface area contributed by atoms with Crippen molar-refractivity contribution in [2.75, 3.05) is 19.5 Å². The van der Waals surface area contributed by atoms with Gasteiger partial charge in [0.15, 0.2) is 17.3 Å². The molecule has 1 aromatic carbocycles. The third-order valence-corrected chi connectivity index (χ3v) is 5.02. The van der Waals surface area contributed by atoms with Gasteiger partial charge in [-0.3, -0.25) is 4.98 Å². The Labute approximate surface area is 167 Å². The van der Waals surface area contributed by atoms with Crippen LogP contribution in [-0.2, 0) is 6.54 Å². The van der Waals surface area contributed by atoms with Gasteiger partial charge in [-0.2, -0.15) is 0 Å². The summed E-state index contributed by atoms with van der Waals surface area (Å²) < 4.78 is 11.7. The van der Waals surface area contributed by atoms with Gasteiger partial charge in [0.1, 0.15) is 11.5 Å². The van der Waals surface area contributed by atoms with Gasteiger partial charge in [-0.15, -0.1) is 0 Å². The van der Waals surface area contributed by atoms with E-state index in [1.165, 1.54) is 0 Å². The molecule has 0 saturated carbocycles. The van der Waals surface area contributed by atoms with Crippen molar-refractivity contribution in [3.63, 3.8) is 0 Å². The lowest BCUT2D eigenvalue weighted by Gasteiger charge is -2.15. The van der Waals surface area contributed by atoms with Crippen molar-refractivity contribution in [2.24, 2.45) is 0 Å². The summed E-state index contributed by atoms with van der Waals surface area (Å²) in [5.74, 6) is 2.75. The lowest BCUT2D eigenvalue weighted by molar-refractivity contribution is 0.354. The summed E-state index contributed by atoms with van der Waals surface area (Å²) in [6, 6.07) is 9.54. The third kappa shape index (κ3) is 4.19. The molecule has 0 saturated heterocycles. The number of hydrogen-bond acceptors (Lipinski definition) is 6. The molecule has 2 aromatic heterocycles. The van der Waals surface area contributed by atoms with Crippen LogP contribution in [0, 0.1) is 13.8 Å². The van der Waals surface area contributed by atoms with Crippen molar-refractivity contribution in [3.8, 4) is 23.0 Å². The van der Waals surface area contributed by atoms with Crippen LogP contribution in [0.3, 0.4) is 0 Å². The fourth-order valence-electron chi connectivity index (χ4n) is 2.62. The Morgan fingerprint density at radius 2 is 1.78 bits per heavy atom. The zero-order chi connectivity index (χ0) is 19.4. The van der Waals surface area contributed by atoms with E-state index >= 15 is 0 Å². The smallest absolute Gasteiger partial charge is 0.180 e. The molecule has 1 N–H and O–H groups in total. The number of rotatable bonds is 6. The highest BCUT2D eigenvalue weighted by molar-refractivity contribution is 9.10.